The minimum Gasteiger partial charge on any atom is -0.115 e. The third-order valence-corrected chi connectivity index (χ3v) is 2.55. The van der Waals surface area contributed by atoms with Crippen LogP contribution in [0.15, 0.2) is 30.9 Å². The van der Waals surface area contributed by atoms with Gasteiger partial charge < -0.3 is 0 Å². The summed E-state index contributed by atoms with van der Waals surface area (Å²) in [7, 11) is 0. The minimum atomic E-state index is 0.326. The Kier molecular flexibility index (Phi) is 3.54. The molecule has 0 radical (unpaired) electrons. The van der Waals surface area contributed by atoms with Gasteiger partial charge in [-0.3, -0.25) is 0 Å². The predicted molar refractivity (Wildman–Crippen MR) is 62.4 cm³/mol. The first-order chi connectivity index (χ1) is 6.74. The monoisotopic (exact) mass is 184 g/mol. The largest absolute Gasteiger partial charge is 0.115 e. The number of benzene rings is 1. The second-order valence-corrected chi connectivity index (χ2v) is 3.40. The Balaban J connectivity index is 3.30. The third kappa shape index (κ3) is 1.88. The van der Waals surface area contributed by atoms with E-state index in [0.29, 0.717) is 5.92 Å². The first-order valence-corrected chi connectivity index (χ1v) is 4.95. The van der Waals surface area contributed by atoms with Gasteiger partial charge in [-0.15, -0.1) is 13.0 Å². The molecule has 14 heavy (non-hydrogen) atoms. The summed E-state index contributed by atoms with van der Waals surface area (Å²) in [6.07, 6.45) is 8.44. The number of hydrogen-bond acceptors (Lipinski definition) is 0. The molecule has 0 aliphatic carbocycles. The summed E-state index contributed by atoms with van der Waals surface area (Å²) in [5, 5.41) is 0. The van der Waals surface area contributed by atoms with Crippen molar-refractivity contribution in [2.24, 2.45) is 0 Å². The van der Waals surface area contributed by atoms with Crippen molar-refractivity contribution in [3.05, 3.63) is 47.5 Å². The van der Waals surface area contributed by atoms with E-state index >= 15 is 0 Å². The number of rotatable bonds is 3. The Morgan fingerprint density at radius 2 is 2.29 bits per heavy atom. The molecule has 1 unspecified atom stereocenters. The van der Waals surface area contributed by atoms with Crippen molar-refractivity contribution < 1.29 is 0 Å². The molecule has 0 aromatic heterocycles. The second-order valence-electron chi connectivity index (χ2n) is 3.40. The van der Waals surface area contributed by atoms with E-state index < -0.39 is 0 Å². The lowest BCUT2D eigenvalue weighted by atomic mass is 9.92. The number of aryl methyl sites for hydroxylation is 1. The van der Waals surface area contributed by atoms with E-state index in [1.807, 2.05) is 6.08 Å². The average Bonchev–Trinajstić information content (AvgIpc) is 2.26. The normalized spacial score (nSPS) is 11.8. The summed E-state index contributed by atoms with van der Waals surface area (Å²) in [6.45, 7) is 8.04. The molecule has 1 aromatic rings. The Labute approximate surface area is 86.7 Å². The number of hydrogen-bond donors (Lipinski definition) is 0. The zero-order valence-electron chi connectivity index (χ0n) is 8.88. The average molecular weight is 184 g/mol. The highest BCUT2D eigenvalue weighted by Gasteiger charge is 2.08. The fourth-order valence-electron chi connectivity index (χ4n) is 1.60. The van der Waals surface area contributed by atoms with Crippen molar-refractivity contribution in [2.45, 2.75) is 26.2 Å². The van der Waals surface area contributed by atoms with Gasteiger partial charge in [-0.25, -0.2) is 0 Å². The van der Waals surface area contributed by atoms with E-state index in [1.54, 1.807) is 0 Å². The van der Waals surface area contributed by atoms with Gasteiger partial charge in [0, 0.05) is 5.56 Å². The molecule has 0 N–H and O–H groups in total. The van der Waals surface area contributed by atoms with Crippen molar-refractivity contribution in [2.75, 3.05) is 0 Å². The zero-order valence-corrected chi connectivity index (χ0v) is 8.88. The van der Waals surface area contributed by atoms with Crippen molar-refractivity contribution in [1.29, 1.82) is 0 Å². The summed E-state index contributed by atoms with van der Waals surface area (Å²) in [6, 6.07) is 6.24. The zero-order chi connectivity index (χ0) is 10.6. The van der Waals surface area contributed by atoms with Crippen LogP contribution in [0.4, 0.5) is 0 Å². The highest BCUT2D eigenvalue weighted by Crippen LogP contribution is 2.23. The van der Waals surface area contributed by atoms with E-state index in [9.17, 15) is 0 Å². The molecule has 1 aromatic carbocycles. The molecule has 72 valence electrons. The molecular weight excluding hydrogens is 168 g/mol. The first-order valence-electron chi connectivity index (χ1n) is 4.95. The van der Waals surface area contributed by atoms with Gasteiger partial charge in [0.05, 0.1) is 0 Å². The van der Waals surface area contributed by atoms with Crippen LogP contribution in [-0.4, -0.2) is 0 Å². The highest BCUT2D eigenvalue weighted by atomic mass is 14.1. The maximum Gasteiger partial charge on any atom is 0.0312 e. The fourth-order valence-corrected chi connectivity index (χ4v) is 1.60. The standard InChI is InChI=1S/C14H16/c1-5-11(4)14-10-8-9-12(6-2)13(14)7-3/h3,5,8-11H,1,6H2,2,4H3. The maximum atomic E-state index is 5.54. The van der Waals surface area contributed by atoms with E-state index in [-0.39, 0.29) is 0 Å². The molecular formula is C14H16. The van der Waals surface area contributed by atoms with Gasteiger partial charge in [0.2, 0.25) is 0 Å². The topological polar surface area (TPSA) is 0 Å². The number of terminal acetylenes is 1. The van der Waals surface area contributed by atoms with Crippen LogP contribution in [0.5, 0.6) is 0 Å². The molecule has 0 saturated heterocycles. The van der Waals surface area contributed by atoms with Crippen LogP contribution in [0.3, 0.4) is 0 Å². The molecule has 0 saturated carbocycles. The van der Waals surface area contributed by atoms with Crippen LogP contribution in [0.1, 0.15) is 36.5 Å². The van der Waals surface area contributed by atoms with E-state index in [2.05, 4.69) is 44.5 Å². The van der Waals surface area contributed by atoms with Gasteiger partial charge in [-0.05, 0) is 23.5 Å². The Hall–Kier alpha value is -1.48. The lowest BCUT2D eigenvalue weighted by Crippen LogP contribution is -1.97. The van der Waals surface area contributed by atoms with Crippen molar-refractivity contribution >= 4 is 0 Å². The lowest BCUT2D eigenvalue weighted by Gasteiger charge is -2.12. The van der Waals surface area contributed by atoms with Gasteiger partial charge in [0.1, 0.15) is 0 Å². The van der Waals surface area contributed by atoms with E-state index in [0.717, 1.165) is 12.0 Å². The summed E-state index contributed by atoms with van der Waals surface area (Å²) in [4.78, 5) is 0. The van der Waals surface area contributed by atoms with Gasteiger partial charge in [-0.1, -0.05) is 44.0 Å². The van der Waals surface area contributed by atoms with Gasteiger partial charge >= 0.3 is 0 Å². The van der Waals surface area contributed by atoms with Crippen molar-refractivity contribution in [1.82, 2.24) is 0 Å². The van der Waals surface area contributed by atoms with Crippen LogP contribution in [0.2, 0.25) is 0 Å². The minimum absolute atomic E-state index is 0.326. The quantitative estimate of drug-likeness (QED) is 0.498. The molecule has 0 amide bonds. The molecule has 1 rings (SSSR count). The SMILES string of the molecule is C#Cc1c(CC)cccc1C(C)C=C. The fraction of sp³-hybridized carbons (Fsp3) is 0.286. The smallest absolute Gasteiger partial charge is 0.0312 e. The van der Waals surface area contributed by atoms with Crippen LogP contribution in [0.25, 0.3) is 0 Å². The molecule has 0 bridgehead atoms. The Morgan fingerprint density at radius 3 is 2.79 bits per heavy atom. The number of allylic oxidation sites excluding steroid dienone is 1. The predicted octanol–water partition coefficient (Wildman–Crippen LogP) is 3.52. The first kappa shape index (κ1) is 10.6. The molecule has 0 aliphatic rings. The summed E-state index contributed by atoms with van der Waals surface area (Å²) in [5.41, 5.74) is 3.50. The van der Waals surface area contributed by atoms with Gasteiger partial charge in [0.25, 0.3) is 0 Å². The summed E-state index contributed by atoms with van der Waals surface area (Å²) >= 11 is 0. The molecule has 0 nitrogen and oxygen atoms in total. The molecule has 1 atom stereocenters. The molecule has 0 aliphatic heterocycles. The molecule has 0 heteroatoms. The van der Waals surface area contributed by atoms with E-state index in [1.165, 1.54) is 11.1 Å². The van der Waals surface area contributed by atoms with E-state index in [4.69, 9.17) is 6.42 Å². The van der Waals surface area contributed by atoms with Crippen LogP contribution in [0, 0.1) is 12.3 Å². The highest BCUT2D eigenvalue weighted by molar-refractivity contribution is 5.48. The molecule has 0 fully saturated rings. The van der Waals surface area contributed by atoms with Crippen molar-refractivity contribution in [3.8, 4) is 12.3 Å². The summed E-state index contributed by atoms with van der Waals surface area (Å²) < 4.78 is 0. The Bertz CT molecular complexity index is 366. The van der Waals surface area contributed by atoms with Gasteiger partial charge in [-0.2, -0.15) is 0 Å². The molecule has 0 spiro atoms. The summed E-state index contributed by atoms with van der Waals surface area (Å²) in [5.74, 6) is 3.11. The second kappa shape index (κ2) is 4.67. The van der Waals surface area contributed by atoms with Crippen molar-refractivity contribution in [3.63, 3.8) is 0 Å². The van der Waals surface area contributed by atoms with Gasteiger partial charge in [0.15, 0.2) is 0 Å². The Morgan fingerprint density at radius 1 is 1.57 bits per heavy atom. The third-order valence-electron chi connectivity index (χ3n) is 2.55. The lowest BCUT2D eigenvalue weighted by molar-refractivity contribution is 0.954. The maximum absolute atomic E-state index is 5.54. The van der Waals surface area contributed by atoms with Crippen LogP contribution >= 0.6 is 0 Å². The molecule has 0 heterocycles. The van der Waals surface area contributed by atoms with Crippen LogP contribution in [-0.2, 0) is 6.42 Å². The van der Waals surface area contributed by atoms with Crippen LogP contribution < -0.4 is 0 Å².